The van der Waals surface area contributed by atoms with Crippen molar-refractivity contribution >= 4 is 11.7 Å². The lowest BCUT2D eigenvalue weighted by atomic mass is 10.1. The first-order valence-electron chi connectivity index (χ1n) is 7.04. The van der Waals surface area contributed by atoms with E-state index in [0.29, 0.717) is 12.2 Å². The molecule has 0 atom stereocenters. The van der Waals surface area contributed by atoms with Crippen molar-refractivity contribution in [2.24, 2.45) is 0 Å². The minimum absolute atomic E-state index is 0.0969. The number of rotatable bonds is 9. The highest BCUT2D eigenvalue weighted by atomic mass is 19.1. The number of hydrogen-bond donors (Lipinski definition) is 2. The Kier molecular flexibility index (Phi) is 7.01. The summed E-state index contributed by atoms with van der Waals surface area (Å²) in [5.41, 5.74) is 1.49. The van der Waals surface area contributed by atoms with Gasteiger partial charge in [0.05, 0.1) is 12.2 Å². The smallest absolute Gasteiger partial charge is 0.317 e. The van der Waals surface area contributed by atoms with Crippen molar-refractivity contribution in [1.82, 2.24) is 5.32 Å². The molecular weight excluding hydrogens is 259 g/mol. The number of carboxylic acid groups (broad SMARTS) is 1. The van der Waals surface area contributed by atoms with Gasteiger partial charge < -0.3 is 15.3 Å². The van der Waals surface area contributed by atoms with Crippen LogP contribution in [0.4, 0.5) is 10.1 Å². The first kappa shape index (κ1) is 16.4. The maximum absolute atomic E-state index is 14.0. The van der Waals surface area contributed by atoms with Gasteiger partial charge in [-0.05, 0) is 30.5 Å². The van der Waals surface area contributed by atoms with Gasteiger partial charge in [0, 0.05) is 19.6 Å². The van der Waals surface area contributed by atoms with Gasteiger partial charge in [-0.15, -0.1) is 0 Å². The fraction of sp³-hybridized carbons (Fsp3) is 0.533. The van der Waals surface area contributed by atoms with E-state index in [4.69, 9.17) is 5.11 Å². The van der Waals surface area contributed by atoms with Crippen LogP contribution in [0, 0.1) is 5.82 Å². The molecule has 0 aliphatic heterocycles. The molecule has 1 aromatic carbocycles. The highest BCUT2D eigenvalue weighted by Gasteiger charge is 2.11. The summed E-state index contributed by atoms with van der Waals surface area (Å²) in [7, 11) is 0. The van der Waals surface area contributed by atoms with Crippen LogP contribution in [0.3, 0.4) is 0 Å². The third-order valence-corrected chi connectivity index (χ3v) is 2.94. The summed E-state index contributed by atoms with van der Waals surface area (Å²) in [6, 6.07) is 4.94. The van der Waals surface area contributed by atoms with Crippen molar-refractivity contribution in [2.75, 3.05) is 24.5 Å². The van der Waals surface area contributed by atoms with E-state index in [2.05, 4.69) is 19.2 Å². The zero-order chi connectivity index (χ0) is 15.0. The van der Waals surface area contributed by atoms with Crippen molar-refractivity contribution in [2.45, 2.75) is 33.2 Å². The number of nitrogens with one attached hydrogen (secondary N) is 1. The van der Waals surface area contributed by atoms with E-state index in [1.807, 2.05) is 4.90 Å². The van der Waals surface area contributed by atoms with Crippen LogP contribution in [0.15, 0.2) is 18.2 Å². The summed E-state index contributed by atoms with van der Waals surface area (Å²) < 4.78 is 14.0. The molecule has 0 saturated carbocycles. The predicted molar refractivity (Wildman–Crippen MR) is 78.5 cm³/mol. The number of carboxylic acids is 1. The van der Waals surface area contributed by atoms with Crippen LogP contribution in [0.25, 0.3) is 0 Å². The second kappa shape index (κ2) is 8.53. The molecule has 0 spiro atoms. The number of halogens is 1. The number of aliphatic carboxylic acids is 1. The Labute approximate surface area is 119 Å². The molecule has 2 N–H and O–H groups in total. The third kappa shape index (κ3) is 5.17. The highest BCUT2D eigenvalue weighted by Crippen LogP contribution is 2.21. The third-order valence-electron chi connectivity index (χ3n) is 2.94. The second-order valence-corrected chi connectivity index (χ2v) is 4.77. The molecule has 112 valence electrons. The number of anilines is 1. The van der Waals surface area contributed by atoms with Gasteiger partial charge in [-0.1, -0.05) is 19.9 Å². The van der Waals surface area contributed by atoms with Crippen LogP contribution in [0.1, 0.15) is 32.3 Å². The van der Waals surface area contributed by atoms with E-state index in [1.54, 1.807) is 12.1 Å². The fourth-order valence-electron chi connectivity index (χ4n) is 2.12. The van der Waals surface area contributed by atoms with Gasteiger partial charge in [0.1, 0.15) is 5.82 Å². The summed E-state index contributed by atoms with van der Waals surface area (Å²) in [6.45, 7) is 6.09. The van der Waals surface area contributed by atoms with Crippen molar-refractivity contribution in [1.29, 1.82) is 0 Å². The van der Waals surface area contributed by atoms with Crippen molar-refractivity contribution < 1.29 is 14.3 Å². The SMILES string of the molecule is CCCN(CCC)c1cc(CNCC(=O)O)ccc1F. The maximum Gasteiger partial charge on any atom is 0.317 e. The van der Waals surface area contributed by atoms with Gasteiger partial charge in [-0.25, -0.2) is 4.39 Å². The Morgan fingerprint density at radius 3 is 2.50 bits per heavy atom. The largest absolute Gasteiger partial charge is 0.480 e. The number of hydrogen-bond acceptors (Lipinski definition) is 3. The molecule has 0 aromatic heterocycles. The van der Waals surface area contributed by atoms with Crippen molar-refractivity contribution in [3.63, 3.8) is 0 Å². The summed E-state index contributed by atoms with van der Waals surface area (Å²) in [4.78, 5) is 12.5. The molecule has 0 fully saturated rings. The summed E-state index contributed by atoms with van der Waals surface area (Å²) in [5, 5.41) is 11.4. The molecular formula is C15H23FN2O2. The summed E-state index contributed by atoms with van der Waals surface area (Å²) in [6.07, 6.45) is 1.92. The quantitative estimate of drug-likeness (QED) is 0.731. The fourth-order valence-corrected chi connectivity index (χ4v) is 2.12. The Morgan fingerprint density at radius 1 is 1.30 bits per heavy atom. The maximum atomic E-state index is 14.0. The van der Waals surface area contributed by atoms with Gasteiger partial charge in [-0.2, -0.15) is 0 Å². The molecule has 0 bridgehead atoms. The van der Waals surface area contributed by atoms with E-state index in [9.17, 15) is 9.18 Å². The van der Waals surface area contributed by atoms with Crippen LogP contribution in [0.2, 0.25) is 0 Å². The molecule has 0 radical (unpaired) electrons. The predicted octanol–water partition coefficient (Wildman–Crippen LogP) is 2.63. The first-order valence-corrected chi connectivity index (χ1v) is 7.04. The van der Waals surface area contributed by atoms with Gasteiger partial charge >= 0.3 is 5.97 Å². The van der Waals surface area contributed by atoms with E-state index in [0.717, 1.165) is 31.5 Å². The van der Waals surface area contributed by atoms with Crippen LogP contribution < -0.4 is 10.2 Å². The molecule has 0 heterocycles. The molecule has 0 amide bonds. The average molecular weight is 282 g/mol. The van der Waals surface area contributed by atoms with E-state index < -0.39 is 5.97 Å². The molecule has 20 heavy (non-hydrogen) atoms. The Morgan fingerprint density at radius 2 is 1.95 bits per heavy atom. The first-order chi connectivity index (χ1) is 9.58. The summed E-state index contributed by atoms with van der Waals surface area (Å²) in [5.74, 6) is -1.13. The zero-order valence-corrected chi connectivity index (χ0v) is 12.2. The summed E-state index contributed by atoms with van der Waals surface area (Å²) >= 11 is 0. The van der Waals surface area contributed by atoms with E-state index >= 15 is 0 Å². The lowest BCUT2D eigenvalue weighted by Crippen LogP contribution is -2.26. The van der Waals surface area contributed by atoms with Crippen LogP contribution in [-0.2, 0) is 11.3 Å². The lowest BCUT2D eigenvalue weighted by molar-refractivity contribution is -0.135. The molecule has 0 aliphatic carbocycles. The van der Waals surface area contributed by atoms with Crippen LogP contribution >= 0.6 is 0 Å². The number of carbonyl (C=O) groups is 1. The van der Waals surface area contributed by atoms with E-state index in [1.165, 1.54) is 6.07 Å². The average Bonchev–Trinajstić information content (AvgIpc) is 2.40. The minimum Gasteiger partial charge on any atom is -0.480 e. The molecule has 1 rings (SSSR count). The second-order valence-electron chi connectivity index (χ2n) is 4.77. The Bertz CT molecular complexity index is 432. The Hall–Kier alpha value is -1.62. The van der Waals surface area contributed by atoms with Crippen LogP contribution in [0.5, 0.6) is 0 Å². The van der Waals surface area contributed by atoms with Crippen LogP contribution in [-0.4, -0.2) is 30.7 Å². The zero-order valence-electron chi connectivity index (χ0n) is 12.2. The van der Waals surface area contributed by atoms with Gasteiger partial charge in [0.25, 0.3) is 0 Å². The molecule has 0 unspecified atom stereocenters. The molecule has 0 saturated heterocycles. The number of nitrogens with zero attached hydrogens (tertiary/aromatic N) is 1. The van der Waals surface area contributed by atoms with E-state index in [-0.39, 0.29) is 12.4 Å². The van der Waals surface area contributed by atoms with Crippen molar-refractivity contribution in [3.05, 3.63) is 29.6 Å². The number of benzene rings is 1. The normalized spacial score (nSPS) is 10.6. The monoisotopic (exact) mass is 282 g/mol. The highest BCUT2D eigenvalue weighted by molar-refractivity contribution is 5.69. The van der Waals surface area contributed by atoms with Crippen molar-refractivity contribution in [3.8, 4) is 0 Å². The lowest BCUT2D eigenvalue weighted by Gasteiger charge is -2.24. The molecule has 0 aliphatic rings. The molecule has 1 aromatic rings. The topological polar surface area (TPSA) is 52.6 Å². The van der Waals surface area contributed by atoms with Gasteiger partial charge in [0.2, 0.25) is 0 Å². The standard InChI is InChI=1S/C15H23FN2O2/c1-3-7-18(8-4-2)14-9-12(5-6-13(14)16)10-17-11-15(19)20/h5-6,9,17H,3-4,7-8,10-11H2,1-2H3,(H,19,20). The van der Waals surface area contributed by atoms with Gasteiger partial charge in [-0.3, -0.25) is 4.79 Å². The minimum atomic E-state index is -0.897. The Balaban J connectivity index is 2.80. The molecule has 4 nitrogen and oxygen atoms in total. The molecule has 5 heteroatoms. The van der Waals surface area contributed by atoms with Gasteiger partial charge in [0.15, 0.2) is 0 Å².